The minimum atomic E-state index is -3.74. The van der Waals surface area contributed by atoms with E-state index in [4.69, 9.17) is 21.1 Å². The summed E-state index contributed by atoms with van der Waals surface area (Å²) in [6.07, 6.45) is 0. The summed E-state index contributed by atoms with van der Waals surface area (Å²) in [5.41, 5.74) is 0.509. The lowest BCUT2D eigenvalue weighted by molar-refractivity contribution is 0.354. The molecule has 0 amide bonds. The molecule has 0 aliphatic heterocycles. The van der Waals surface area contributed by atoms with Gasteiger partial charge in [-0.25, -0.2) is 8.42 Å². The van der Waals surface area contributed by atoms with Crippen LogP contribution in [-0.2, 0) is 10.0 Å². The zero-order valence-electron chi connectivity index (χ0n) is 13.1. The third-order valence-corrected chi connectivity index (χ3v) is 5.46. The first kappa shape index (κ1) is 17.4. The minimum absolute atomic E-state index is 0.122. The van der Waals surface area contributed by atoms with E-state index in [-0.39, 0.29) is 11.4 Å². The lowest BCUT2D eigenvalue weighted by Crippen LogP contribution is -2.30. The highest BCUT2D eigenvalue weighted by Crippen LogP contribution is 2.32. The fraction of sp³-hybridized carbons (Fsp3) is 0.250. The minimum Gasteiger partial charge on any atom is -0.493 e. The molecule has 0 heterocycles. The highest BCUT2D eigenvalue weighted by atomic mass is 35.5. The summed E-state index contributed by atoms with van der Waals surface area (Å²) >= 11 is 5.97. The fourth-order valence-corrected chi connectivity index (χ4v) is 3.89. The Labute approximate surface area is 141 Å². The average Bonchev–Trinajstić information content (AvgIpc) is 2.54. The van der Waals surface area contributed by atoms with Crippen LogP contribution in [-0.4, -0.2) is 29.2 Å². The van der Waals surface area contributed by atoms with Gasteiger partial charge >= 0.3 is 0 Å². The molecule has 2 rings (SSSR count). The second-order valence-electron chi connectivity index (χ2n) is 4.67. The molecule has 0 bridgehead atoms. The van der Waals surface area contributed by atoms with Gasteiger partial charge in [-0.3, -0.25) is 4.31 Å². The molecule has 0 N–H and O–H groups in total. The zero-order chi connectivity index (χ0) is 17.0. The molecule has 0 spiro atoms. The Morgan fingerprint density at radius 2 is 1.74 bits per heavy atom. The van der Waals surface area contributed by atoms with Crippen LogP contribution in [0.4, 0.5) is 5.69 Å². The Kier molecular flexibility index (Phi) is 5.38. The van der Waals surface area contributed by atoms with Gasteiger partial charge in [-0.2, -0.15) is 0 Å². The number of ether oxygens (including phenoxy) is 2. The van der Waals surface area contributed by atoms with Gasteiger partial charge in [0.25, 0.3) is 10.0 Å². The van der Waals surface area contributed by atoms with E-state index in [2.05, 4.69) is 0 Å². The highest BCUT2D eigenvalue weighted by Gasteiger charge is 2.25. The maximum Gasteiger partial charge on any atom is 0.264 e. The Morgan fingerprint density at radius 3 is 2.30 bits per heavy atom. The largest absolute Gasteiger partial charge is 0.493 e. The van der Waals surface area contributed by atoms with E-state index >= 15 is 0 Å². The Bertz CT molecular complexity index is 792. The first-order valence-electron chi connectivity index (χ1n) is 6.94. The maximum absolute atomic E-state index is 12.9. The van der Waals surface area contributed by atoms with Crippen LogP contribution in [0.25, 0.3) is 0 Å². The van der Waals surface area contributed by atoms with Gasteiger partial charge in [0.2, 0.25) is 0 Å². The molecule has 5 nitrogen and oxygen atoms in total. The molecular weight excluding hydrogens is 338 g/mol. The summed E-state index contributed by atoms with van der Waals surface area (Å²) in [6, 6.07) is 11.2. The molecule has 0 radical (unpaired) electrons. The lowest BCUT2D eigenvalue weighted by atomic mass is 10.3. The van der Waals surface area contributed by atoms with Gasteiger partial charge < -0.3 is 9.47 Å². The van der Waals surface area contributed by atoms with Crippen LogP contribution in [0.5, 0.6) is 11.5 Å². The molecule has 0 saturated carbocycles. The van der Waals surface area contributed by atoms with Crippen LogP contribution in [0.2, 0.25) is 5.02 Å². The molecule has 0 saturated heterocycles. The van der Waals surface area contributed by atoms with Crippen molar-refractivity contribution in [3.63, 3.8) is 0 Å². The number of rotatable bonds is 6. The van der Waals surface area contributed by atoms with Crippen LogP contribution in [0.15, 0.2) is 47.4 Å². The molecule has 2 aromatic rings. The molecule has 124 valence electrons. The predicted molar refractivity (Wildman–Crippen MR) is 91.2 cm³/mol. The number of benzene rings is 2. The number of sulfonamides is 1. The van der Waals surface area contributed by atoms with E-state index < -0.39 is 10.0 Å². The van der Waals surface area contributed by atoms with Gasteiger partial charge in [-0.15, -0.1) is 0 Å². The van der Waals surface area contributed by atoms with Crippen molar-refractivity contribution in [2.24, 2.45) is 0 Å². The molecule has 0 fully saturated rings. The quantitative estimate of drug-likeness (QED) is 0.794. The van der Waals surface area contributed by atoms with Gasteiger partial charge in [0, 0.05) is 17.6 Å². The Morgan fingerprint density at radius 1 is 1.04 bits per heavy atom. The van der Waals surface area contributed by atoms with E-state index in [1.807, 2.05) is 0 Å². The Hall–Kier alpha value is -1.92. The first-order valence-corrected chi connectivity index (χ1v) is 8.76. The molecule has 0 aliphatic rings. The van der Waals surface area contributed by atoms with E-state index in [1.54, 1.807) is 37.3 Å². The van der Waals surface area contributed by atoms with E-state index in [9.17, 15) is 8.42 Å². The van der Waals surface area contributed by atoms with Gasteiger partial charge in [-0.1, -0.05) is 17.7 Å². The van der Waals surface area contributed by atoms with Crippen molar-refractivity contribution >= 4 is 27.3 Å². The predicted octanol–water partition coefficient (Wildman–Crippen LogP) is 3.57. The molecule has 2 aromatic carbocycles. The van der Waals surface area contributed by atoms with Crippen LogP contribution in [0.3, 0.4) is 0 Å². The average molecular weight is 356 g/mol. The fourth-order valence-electron chi connectivity index (χ4n) is 2.23. The topological polar surface area (TPSA) is 55.8 Å². The molecule has 0 atom stereocenters. The first-order chi connectivity index (χ1) is 10.9. The van der Waals surface area contributed by atoms with Crippen LogP contribution in [0, 0.1) is 0 Å². The molecule has 7 heteroatoms. The standard InChI is InChI=1S/C16H18ClNO4S/c1-4-18(13-7-5-6-12(17)10-13)23(19,20)14-8-9-15(21-2)16(11-14)22-3/h5-11H,4H2,1-3H3. The van der Waals surface area contributed by atoms with Crippen molar-refractivity contribution in [1.82, 2.24) is 0 Å². The van der Waals surface area contributed by atoms with Crippen LogP contribution >= 0.6 is 11.6 Å². The van der Waals surface area contributed by atoms with Gasteiger partial charge in [0.05, 0.1) is 24.8 Å². The summed E-state index contributed by atoms with van der Waals surface area (Å²) in [5, 5.41) is 0.475. The van der Waals surface area contributed by atoms with Gasteiger partial charge in [0.1, 0.15) is 0 Å². The number of halogens is 1. The maximum atomic E-state index is 12.9. The van der Waals surface area contributed by atoms with Crippen molar-refractivity contribution in [2.75, 3.05) is 25.1 Å². The van der Waals surface area contributed by atoms with Crippen molar-refractivity contribution in [3.05, 3.63) is 47.5 Å². The smallest absolute Gasteiger partial charge is 0.264 e. The molecule has 0 aromatic heterocycles. The molecule has 0 unspecified atom stereocenters. The van der Waals surface area contributed by atoms with Crippen LogP contribution in [0.1, 0.15) is 6.92 Å². The van der Waals surface area contributed by atoms with E-state index in [1.165, 1.54) is 30.7 Å². The van der Waals surface area contributed by atoms with Crippen molar-refractivity contribution in [2.45, 2.75) is 11.8 Å². The second-order valence-corrected chi connectivity index (χ2v) is 6.97. The van der Waals surface area contributed by atoms with Gasteiger partial charge in [-0.05, 0) is 37.3 Å². The van der Waals surface area contributed by atoms with Crippen molar-refractivity contribution < 1.29 is 17.9 Å². The lowest BCUT2D eigenvalue weighted by Gasteiger charge is -2.23. The monoisotopic (exact) mass is 355 g/mol. The summed E-state index contributed by atoms with van der Waals surface area (Å²) in [5.74, 6) is 0.827. The summed E-state index contributed by atoms with van der Waals surface area (Å²) < 4.78 is 37.5. The third kappa shape index (κ3) is 3.54. The molecule has 23 heavy (non-hydrogen) atoms. The highest BCUT2D eigenvalue weighted by molar-refractivity contribution is 7.92. The summed E-state index contributed by atoms with van der Waals surface area (Å²) in [7, 11) is -0.782. The number of anilines is 1. The Balaban J connectivity index is 2.51. The number of hydrogen-bond donors (Lipinski definition) is 0. The third-order valence-electron chi connectivity index (χ3n) is 3.33. The van der Waals surface area contributed by atoms with E-state index in [0.29, 0.717) is 22.2 Å². The zero-order valence-corrected chi connectivity index (χ0v) is 14.7. The van der Waals surface area contributed by atoms with Crippen molar-refractivity contribution in [1.29, 1.82) is 0 Å². The summed E-state index contributed by atoms with van der Waals surface area (Å²) in [4.78, 5) is 0.122. The number of hydrogen-bond acceptors (Lipinski definition) is 4. The SMILES string of the molecule is CCN(c1cccc(Cl)c1)S(=O)(=O)c1ccc(OC)c(OC)c1. The summed E-state index contributed by atoms with van der Waals surface area (Å²) in [6.45, 7) is 2.04. The van der Waals surface area contributed by atoms with Crippen LogP contribution < -0.4 is 13.8 Å². The van der Waals surface area contributed by atoms with Gasteiger partial charge in [0.15, 0.2) is 11.5 Å². The van der Waals surface area contributed by atoms with E-state index in [0.717, 1.165) is 0 Å². The normalized spacial score (nSPS) is 11.1. The molecular formula is C16H18ClNO4S. The number of methoxy groups -OCH3 is 2. The molecule has 0 aliphatic carbocycles. The number of nitrogens with zero attached hydrogens (tertiary/aromatic N) is 1. The van der Waals surface area contributed by atoms with Crippen molar-refractivity contribution in [3.8, 4) is 11.5 Å². The second kappa shape index (κ2) is 7.10.